The number of aromatic nitrogens is 1. The number of hydrogen-bond acceptors (Lipinski definition) is 3. The molecule has 2 aromatic rings. The number of pyridine rings is 1. The first-order valence-electron chi connectivity index (χ1n) is 6.78. The molecule has 0 atom stereocenters. The molecule has 1 amide bonds. The van der Waals surface area contributed by atoms with Crippen molar-refractivity contribution >= 4 is 45.9 Å². The first-order valence-corrected chi connectivity index (χ1v) is 8.24. The molecule has 9 heteroatoms. The predicted molar refractivity (Wildman–Crippen MR) is 94.2 cm³/mol. The second kappa shape index (κ2) is 8.02. The molecule has 1 aromatic heterocycles. The Morgan fingerprint density at radius 1 is 1.25 bits per heavy atom. The number of alkyl halides is 3. The fourth-order valence-corrected chi connectivity index (χ4v) is 2.65. The number of nitrogens with one attached hydrogen (secondary N) is 2. The second-order valence-corrected chi connectivity index (χ2v) is 6.30. The topological polar surface area (TPSA) is 54.0 Å². The van der Waals surface area contributed by atoms with Crippen LogP contribution in [0, 0.1) is 3.57 Å². The third kappa shape index (κ3) is 4.97. The van der Waals surface area contributed by atoms with Crippen molar-refractivity contribution in [3.05, 3.63) is 56.2 Å². The Kier molecular flexibility index (Phi) is 6.27. The van der Waals surface area contributed by atoms with Gasteiger partial charge in [-0.15, -0.1) is 0 Å². The normalized spacial score (nSPS) is 11.2. The number of nitrogens with zero attached hydrogens (tertiary/aromatic N) is 1. The molecule has 1 aromatic carbocycles. The number of halogens is 5. The number of benzene rings is 1. The van der Waals surface area contributed by atoms with Gasteiger partial charge in [0.2, 0.25) is 0 Å². The van der Waals surface area contributed by atoms with Crippen molar-refractivity contribution in [3.8, 4) is 0 Å². The van der Waals surface area contributed by atoms with E-state index in [2.05, 4.69) is 15.6 Å². The molecule has 2 rings (SSSR count). The highest BCUT2D eigenvalue weighted by Crippen LogP contribution is 2.33. The molecule has 128 valence electrons. The highest BCUT2D eigenvalue weighted by molar-refractivity contribution is 14.1. The van der Waals surface area contributed by atoms with E-state index in [1.54, 1.807) is 12.1 Å². The maximum Gasteiger partial charge on any atom is 0.419 e. The molecule has 0 spiro atoms. The number of rotatable bonds is 5. The molecule has 0 radical (unpaired) electrons. The van der Waals surface area contributed by atoms with Crippen LogP contribution in [0.25, 0.3) is 0 Å². The lowest BCUT2D eigenvalue weighted by atomic mass is 10.2. The van der Waals surface area contributed by atoms with Gasteiger partial charge in [0.05, 0.1) is 11.1 Å². The Labute approximate surface area is 154 Å². The van der Waals surface area contributed by atoms with E-state index < -0.39 is 11.7 Å². The molecule has 0 aliphatic heterocycles. The summed E-state index contributed by atoms with van der Waals surface area (Å²) in [6.07, 6.45) is -3.22. The van der Waals surface area contributed by atoms with Crippen LogP contribution in [0.3, 0.4) is 0 Å². The largest absolute Gasteiger partial charge is 0.419 e. The summed E-state index contributed by atoms with van der Waals surface area (Å²) < 4.78 is 39.2. The zero-order valence-electron chi connectivity index (χ0n) is 12.1. The zero-order valence-corrected chi connectivity index (χ0v) is 15.0. The molecule has 0 bridgehead atoms. The summed E-state index contributed by atoms with van der Waals surface area (Å²) in [5.41, 5.74) is -0.433. The minimum Gasteiger partial charge on any atom is -0.368 e. The van der Waals surface area contributed by atoms with E-state index in [-0.39, 0.29) is 24.8 Å². The summed E-state index contributed by atoms with van der Waals surface area (Å²) in [5.74, 6) is -0.614. The van der Waals surface area contributed by atoms with Crippen molar-refractivity contribution in [2.24, 2.45) is 0 Å². The van der Waals surface area contributed by atoms with Crippen molar-refractivity contribution in [1.82, 2.24) is 10.3 Å². The lowest BCUT2D eigenvalue weighted by molar-refractivity contribution is -0.137. The molecule has 0 aliphatic carbocycles. The van der Waals surface area contributed by atoms with Gasteiger partial charge in [-0.2, -0.15) is 13.2 Å². The van der Waals surface area contributed by atoms with Crippen molar-refractivity contribution in [2.45, 2.75) is 6.18 Å². The first-order chi connectivity index (χ1) is 11.3. The average molecular weight is 470 g/mol. The van der Waals surface area contributed by atoms with Gasteiger partial charge in [0, 0.05) is 27.9 Å². The van der Waals surface area contributed by atoms with Gasteiger partial charge in [-0.25, -0.2) is 4.98 Å². The zero-order chi connectivity index (χ0) is 17.7. The van der Waals surface area contributed by atoms with Gasteiger partial charge in [-0.3, -0.25) is 4.79 Å². The highest BCUT2D eigenvalue weighted by atomic mass is 127. The number of carbonyl (C=O) groups is 1. The van der Waals surface area contributed by atoms with Gasteiger partial charge in [0.25, 0.3) is 5.91 Å². The number of carbonyl (C=O) groups excluding carboxylic acids is 1. The Balaban J connectivity index is 1.92. The predicted octanol–water partition coefficient (Wildman–Crippen LogP) is 4.20. The Bertz CT molecular complexity index is 740. The lowest BCUT2D eigenvalue weighted by Gasteiger charge is -2.13. The standard InChI is InChI=1S/C15H12ClF3IN3O/c16-9-3-4-12(20)10(8-9)14(24)23-7-6-22-13-11(15(17,18)19)2-1-5-21-13/h1-5,8H,6-7H2,(H,21,22)(H,23,24). The summed E-state index contributed by atoms with van der Waals surface area (Å²) in [6.45, 7) is 0.234. The highest BCUT2D eigenvalue weighted by Gasteiger charge is 2.33. The molecule has 0 aliphatic rings. The quantitative estimate of drug-likeness (QED) is 0.510. The molecule has 2 N–H and O–H groups in total. The van der Waals surface area contributed by atoms with Crippen LogP contribution in [0.5, 0.6) is 0 Å². The van der Waals surface area contributed by atoms with E-state index in [9.17, 15) is 18.0 Å². The Morgan fingerprint density at radius 2 is 2.00 bits per heavy atom. The smallest absolute Gasteiger partial charge is 0.368 e. The van der Waals surface area contributed by atoms with Crippen molar-refractivity contribution in [2.75, 3.05) is 18.4 Å². The van der Waals surface area contributed by atoms with Gasteiger partial charge in [0.1, 0.15) is 5.82 Å². The van der Waals surface area contributed by atoms with Gasteiger partial charge in [-0.05, 0) is 52.9 Å². The molecular formula is C15H12ClF3IN3O. The molecule has 0 fully saturated rings. The van der Waals surface area contributed by atoms with Crippen LogP contribution >= 0.6 is 34.2 Å². The maximum absolute atomic E-state index is 12.8. The summed E-state index contributed by atoms with van der Waals surface area (Å²) in [6, 6.07) is 7.08. The molecule has 4 nitrogen and oxygen atoms in total. The third-order valence-electron chi connectivity index (χ3n) is 2.99. The SMILES string of the molecule is O=C(NCCNc1ncccc1C(F)(F)F)c1cc(Cl)ccc1I. The van der Waals surface area contributed by atoms with E-state index in [4.69, 9.17) is 11.6 Å². The van der Waals surface area contributed by atoms with Gasteiger partial charge < -0.3 is 10.6 Å². The van der Waals surface area contributed by atoms with Crippen molar-refractivity contribution in [1.29, 1.82) is 0 Å². The van der Waals surface area contributed by atoms with E-state index >= 15 is 0 Å². The Morgan fingerprint density at radius 3 is 2.71 bits per heavy atom. The van der Waals surface area contributed by atoms with Gasteiger partial charge >= 0.3 is 6.18 Å². The van der Waals surface area contributed by atoms with Crippen LogP contribution < -0.4 is 10.6 Å². The number of hydrogen-bond donors (Lipinski definition) is 2. The average Bonchev–Trinajstić information content (AvgIpc) is 2.53. The number of amides is 1. The molecule has 0 saturated heterocycles. The van der Waals surface area contributed by atoms with Crippen molar-refractivity contribution in [3.63, 3.8) is 0 Å². The van der Waals surface area contributed by atoms with Crippen LogP contribution in [0.4, 0.5) is 19.0 Å². The van der Waals surface area contributed by atoms with Crippen LogP contribution in [0.2, 0.25) is 5.02 Å². The minimum absolute atomic E-state index is 0.100. The van der Waals surface area contributed by atoms with Crippen molar-refractivity contribution < 1.29 is 18.0 Å². The van der Waals surface area contributed by atoms with Gasteiger partial charge in [0.15, 0.2) is 0 Å². The van der Waals surface area contributed by atoms with E-state index in [0.717, 1.165) is 9.64 Å². The Hall–Kier alpha value is -1.55. The van der Waals surface area contributed by atoms with E-state index in [1.165, 1.54) is 18.3 Å². The molecule has 0 unspecified atom stereocenters. The third-order valence-corrected chi connectivity index (χ3v) is 4.16. The van der Waals surface area contributed by atoms with Crippen LogP contribution in [0.1, 0.15) is 15.9 Å². The van der Waals surface area contributed by atoms with E-state index in [1.807, 2.05) is 22.6 Å². The van der Waals surface area contributed by atoms with Gasteiger partial charge in [-0.1, -0.05) is 11.6 Å². The first kappa shape index (κ1) is 18.8. The minimum atomic E-state index is -4.49. The second-order valence-electron chi connectivity index (χ2n) is 4.70. The summed E-state index contributed by atoms with van der Waals surface area (Å²) in [5, 5.41) is 5.63. The molecular weight excluding hydrogens is 458 g/mol. The van der Waals surface area contributed by atoms with Crippen LogP contribution in [0.15, 0.2) is 36.5 Å². The molecule has 1 heterocycles. The van der Waals surface area contributed by atoms with Crippen LogP contribution in [-0.4, -0.2) is 24.0 Å². The summed E-state index contributed by atoms with van der Waals surface area (Å²) >= 11 is 7.86. The maximum atomic E-state index is 12.8. The fraction of sp³-hybridized carbons (Fsp3) is 0.200. The van der Waals surface area contributed by atoms with Crippen LogP contribution in [-0.2, 0) is 6.18 Å². The molecule has 24 heavy (non-hydrogen) atoms. The number of anilines is 1. The van der Waals surface area contributed by atoms with E-state index in [0.29, 0.717) is 10.6 Å². The summed E-state index contributed by atoms with van der Waals surface area (Å²) in [7, 11) is 0. The monoisotopic (exact) mass is 469 g/mol. The molecule has 0 saturated carbocycles. The fourth-order valence-electron chi connectivity index (χ4n) is 1.90. The lowest BCUT2D eigenvalue weighted by Crippen LogP contribution is -2.29. The summed E-state index contributed by atoms with van der Waals surface area (Å²) in [4.78, 5) is 15.7.